The van der Waals surface area contributed by atoms with Crippen molar-refractivity contribution in [3.63, 3.8) is 0 Å². The molecule has 2 unspecified atom stereocenters. The van der Waals surface area contributed by atoms with Crippen LogP contribution in [0, 0.1) is 0 Å². The van der Waals surface area contributed by atoms with Crippen LogP contribution in [0.1, 0.15) is 62.2 Å². The van der Waals surface area contributed by atoms with E-state index in [0.717, 1.165) is 34.7 Å². The highest BCUT2D eigenvalue weighted by Gasteiger charge is 2.40. The lowest BCUT2D eigenvalue weighted by Crippen LogP contribution is -2.48. The van der Waals surface area contributed by atoms with Gasteiger partial charge in [0.25, 0.3) is 0 Å². The van der Waals surface area contributed by atoms with Crippen LogP contribution in [0.25, 0.3) is 10.8 Å². The molecule has 36 heavy (non-hydrogen) atoms. The number of imide groups is 1. The van der Waals surface area contributed by atoms with Crippen LogP contribution in [0.15, 0.2) is 60.7 Å². The highest BCUT2D eigenvalue weighted by atomic mass is 16.5. The molecule has 0 aromatic heterocycles. The van der Waals surface area contributed by atoms with Gasteiger partial charge in [-0.1, -0.05) is 48.5 Å². The van der Waals surface area contributed by atoms with Crippen LogP contribution in [-0.2, 0) is 4.79 Å². The van der Waals surface area contributed by atoms with Crippen LogP contribution in [0.3, 0.4) is 0 Å². The number of hydrogen-bond donors (Lipinski definition) is 1. The van der Waals surface area contributed by atoms with Crippen molar-refractivity contribution in [2.45, 2.75) is 57.2 Å². The summed E-state index contributed by atoms with van der Waals surface area (Å²) >= 11 is 0. The second-order valence-corrected chi connectivity index (χ2v) is 9.67. The van der Waals surface area contributed by atoms with Crippen molar-refractivity contribution in [1.82, 2.24) is 15.3 Å². The van der Waals surface area contributed by atoms with E-state index in [0.29, 0.717) is 11.5 Å². The first kappa shape index (κ1) is 24.1. The summed E-state index contributed by atoms with van der Waals surface area (Å²) in [6.45, 7) is 1.94. The molecule has 188 valence electrons. The third kappa shape index (κ3) is 4.63. The van der Waals surface area contributed by atoms with Gasteiger partial charge in [-0.15, -0.1) is 0 Å². The standard InChI is InChI=1S/C29H33N3O4/c1-19(23-14-8-10-20-9-4-7-13-24(20)23)30-29(34)32-28(33)18-25(31(32)2)21-15-16-26(35-3)27(17-21)36-22-11-5-6-12-22/h4,7-10,13-17,19,22,25H,5-6,11-12,18H2,1-3H3,(H,30,34). The molecule has 1 saturated heterocycles. The SMILES string of the molecule is COc1ccc(C2CC(=O)N(C(=O)NC(C)c3cccc4ccccc34)N2C)cc1OC1CCCC1. The molecule has 2 aliphatic rings. The van der Waals surface area contributed by atoms with Gasteiger partial charge >= 0.3 is 6.03 Å². The molecule has 1 heterocycles. The van der Waals surface area contributed by atoms with E-state index < -0.39 is 6.03 Å². The molecule has 1 aliphatic heterocycles. The lowest BCUT2D eigenvalue weighted by atomic mass is 10.00. The monoisotopic (exact) mass is 487 g/mol. The second-order valence-electron chi connectivity index (χ2n) is 9.67. The zero-order valence-electron chi connectivity index (χ0n) is 21.1. The Morgan fingerprint density at radius 3 is 2.56 bits per heavy atom. The van der Waals surface area contributed by atoms with Gasteiger partial charge in [-0.3, -0.25) is 4.79 Å². The molecule has 2 atom stereocenters. The highest BCUT2D eigenvalue weighted by molar-refractivity contribution is 5.96. The molecular formula is C29H33N3O4. The minimum atomic E-state index is -0.429. The number of hydrogen-bond acceptors (Lipinski definition) is 5. The van der Waals surface area contributed by atoms with E-state index in [2.05, 4.69) is 17.4 Å². The number of ether oxygens (including phenoxy) is 2. The molecule has 1 saturated carbocycles. The molecule has 0 spiro atoms. The molecule has 2 fully saturated rings. The summed E-state index contributed by atoms with van der Waals surface area (Å²) in [5.74, 6) is 1.13. The fourth-order valence-electron chi connectivity index (χ4n) is 5.42. The molecule has 1 N–H and O–H groups in total. The molecule has 0 bridgehead atoms. The summed E-state index contributed by atoms with van der Waals surface area (Å²) in [6.07, 6.45) is 4.83. The highest BCUT2D eigenvalue weighted by Crippen LogP contribution is 2.38. The predicted octanol–water partition coefficient (Wildman–Crippen LogP) is 5.76. The number of rotatable bonds is 6. The lowest BCUT2D eigenvalue weighted by Gasteiger charge is -2.28. The van der Waals surface area contributed by atoms with E-state index in [9.17, 15) is 9.59 Å². The van der Waals surface area contributed by atoms with Crippen LogP contribution >= 0.6 is 0 Å². The molecule has 1 aliphatic carbocycles. The fourth-order valence-corrected chi connectivity index (χ4v) is 5.42. The molecular weight excluding hydrogens is 454 g/mol. The number of fused-ring (bicyclic) bond motifs is 1. The summed E-state index contributed by atoms with van der Waals surface area (Å²) in [4.78, 5) is 26.3. The number of nitrogens with one attached hydrogen (secondary N) is 1. The van der Waals surface area contributed by atoms with Gasteiger partial charge in [-0.2, -0.15) is 5.01 Å². The summed E-state index contributed by atoms with van der Waals surface area (Å²) < 4.78 is 11.8. The Bertz CT molecular complexity index is 1270. The third-order valence-corrected chi connectivity index (χ3v) is 7.36. The predicted molar refractivity (Wildman–Crippen MR) is 139 cm³/mol. The second kappa shape index (κ2) is 10.2. The fraction of sp³-hybridized carbons (Fsp3) is 0.379. The Morgan fingerprint density at radius 2 is 1.78 bits per heavy atom. The molecule has 3 aromatic rings. The van der Waals surface area contributed by atoms with Gasteiger partial charge in [-0.25, -0.2) is 9.80 Å². The van der Waals surface area contributed by atoms with E-state index >= 15 is 0 Å². The van der Waals surface area contributed by atoms with E-state index in [-0.39, 0.29) is 30.5 Å². The molecule has 0 radical (unpaired) electrons. The maximum absolute atomic E-state index is 13.3. The first-order chi connectivity index (χ1) is 17.5. The largest absolute Gasteiger partial charge is 0.493 e. The summed E-state index contributed by atoms with van der Waals surface area (Å²) in [6, 6.07) is 18.9. The normalized spacial score (nSPS) is 19.6. The average molecular weight is 488 g/mol. The first-order valence-electron chi connectivity index (χ1n) is 12.6. The number of nitrogens with zero attached hydrogens (tertiary/aromatic N) is 2. The number of hydrazine groups is 1. The molecule has 7 heteroatoms. The van der Waals surface area contributed by atoms with Crippen LogP contribution in [0.2, 0.25) is 0 Å². The van der Waals surface area contributed by atoms with E-state index in [4.69, 9.17) is 9.47 Å². The molecule has 3 amide bonds. The minimum absolute atomic E-state index is 0.190. The van der Waals surface area contributed by atoms with Crippen molar-refractivity contribution >= 4 is 22.7 Å². The van der Waals surface area contributed by atoms with Gasteiger partial charge < -0.3 is 14.8 Å². The van der Waals surface area contributed by atoms with Crippen molar-refractivity contribution in [2.24, 2.45) is 0 Å². The first-order valence-corrected chi connectivity index (χ1v) is 12.6. The lowest BCUT2D eigenvalue weighted by molar-refractivity contribution is -0.131. The Labute approximate surface area is 211 Å². The van der Waals surface area contributed by atoms with Crippen molar-refractivity contribution < 1.29 is 19.1 Å². The number of methoxy groups -OCH3 is 1. The van der Waals surface area contributed by atoms with Crippen LogP contribution < -0.4 is 14.8 Å². The number of amides is 3. The third-order valence-electron chi connectivity index (χ3n) is 7.36. The van der Waals surface area contributed by atoms with Crippen LogP contribution in [-0.4, -0.2) is 42.2 Å². The van der Waals surface area contributed by atoms with Crippen LogP contribution in [0.4, 0.5) is 4.79 Å². The molecule has 3 aromatic carbocycles. The molecule has 5 rings (SSSR count). The number of carbonyl (C=O) groups excluding carboxylic acids is 2. The van der Waals surface area contributed by atoms with Gasteiger partial charge in [0.2, 0.25) is 5.91 Å². The Morgan fingerprint density at radius 1 is 1.03 bits per heavy atom. The van der Waals surface area contributed by atoms with E-state index in [1.807, 2.05) is 55.5 Å². The minimum Gasteiger partial charge on any atom is -0.493 e. The van der Waals surface area contributed by atoms with Crippen molar-refractivity contribution in [3.05, 3.63) is 71.8 Å². The summed E-state index contributed by atoms with van der Waals surface area (Å²) in [5.41, 5.74) is 1.92. The Hall–Kier alpha value is -3.58. The zero-order valence-corrected chi connectivity index (χ0v) is 21.1. The number of carbonyl (C=O) groups is 2. The average Bonchev–Trinajstić information content (AvgIpc) is 3.50. The maximum atomic E-state index is 13.3. The van der Waals surface area contributed by atoms with Crippen molar-refractivity contribution in [1.29, 1.82) is 0 Å². The van der Waals surface area contributed by atoms with Gasteiger partial charge in [0.15, 0.2) is 11.5 Å². The smallest absolute Gasteiger partial charge is 0.339 e. The maximum Gasteiger partial charge on any atom is 0.339 e. The summed E-state index contributed by atoms with van der Waals surface area (Å²) in [5, 5.41) is 8.15. The quantitative estimate of drug-likeness (QED) is 0.479. The van der Waals surface area contributed by atoms with Crippen molar-refractivity contribution in [2.75, 3.05) is 14.2 Å². The summed E-state index contributed by atoms with van der Waals surface area (Å²) in [7, 11) is 3.41. The number of urea groups is 1. The Balaban J connectivity index is 1.33. The van der Waals surface area contributed by atoms with Gasteiger partial charge in [0.1, 0.15) is 0 Å². The van der Waals surface area contributed by atoms with Gasteiger partial charge in [0.05, 0.1) is 31.7 Å². The zero-order chi connectivity index (χ0) is 25.2. The van der Waals surface area contributed by atoms with E-state index in [1.165, 1.54) is 17.9 Å². The van der Waals surface area contributed by atoms with Crippen LogP contribution in [0.5, 0.6) is 11.5 Å². The topological polar surface area (TPSA) is 71.1 Å². The Kier molecular flexibility index (Phi) is 6.83. The molecule has 7 nitrogen and oxygen atoms in total. The number of benzene rings is 3. The van der Waals surface area contributed by atoms with E-state index in [1.54, 1.807) is 19.2 Å². The van der Waals surface area contributed by atoms with Gasteiger partial charge in [-0.05, 0) is 66.6 Å². The van der Waals surface area contributed by atoms with Gasteiger partial charge in [0, 0.05) is 7.05 Å². The van der Waals surface area contributed by atoms with Crippen molar-refractivity contribution in [3.8, 4) is 11.5 Å².